The van der Waals surface area contributed by atoms with Crippen LogP contribution < -0.4 is 0 Å². The van der Waals surface area contributed by atoms with Crippen molar-refractivity contribution in [2.45, 2.75) is 49.6 Å². The van der Waals surface area contributed by atoms with Crippen LogP contribution in [0.5, 0.6) is 0 Å². The van der Waals surface area contributed by atoms with Crippen molar-refractivity contribution in [2.75, 3.05) is 7.05 Å². The molecule has 4 rings (SSSR count). The van der Waals surface area contributed by atoms with E-state index in [1.165, 1.54) is 25.7 Å². The van der Waals surface area contributed by atoms with E-state index in [9.17, 15) is 5.26 Å². The average molecular weight is 330 g/mol. The van der Waals surface area contributed by atoms with Gasteiger partial charge in [-0.3, -0.25) is 0 Å². The molecule has 2 fully saturated rings. The van der Waals surface area contributed by atoms with Gasteiger partial charge in [0.2, 0.25) is 0 Å². The van der Waals surface area contributed by atoms with Crippen LogP contribution in [0.15, 0.2) is 60.7 Å². The van der Waals surface area contributed by atoms with Gasteiger partial charge in [-0.15, -0.1) is 0 Å². The van der Waals surface area contributed by atoms with Crippen LogP contribution in [0.4, 0.5) is 0 Å². The summed E-state index contributed by atoms with van der Waals surface area (Å²) in [6.07, 6.45) is 6.05. The first-order valence-corrected chi connectivity index (χ1v) is 9.47. The van der Waals surface area contributed by atoms with E-state index in [1.54, 1.807) is 0 Å². The molecule has 2 heterocycles. The monoisotopic (exact) mass is 330 g/mol. The maximum atomic E-state index is 10.4. The van der Waals surface area contributed by atoms with Crippen molar-refractivity contribution in [1.29, 1.82) is 5.26 Å². The molecule has 0 aliphatic carbocycles. The third-order valence-electron chi connectivity index (χ3n) is 6.51. The van der Waals surface area contributed by atoms with E-state index in [0.29, 0.717) is 18.0 Å². The van der Waals surface area contributed by atoms with Gasteiger partial charge < -0.3 is 4.90 Å². The fraction of sp³-hybridized carbons (Fsp3) is 0.435. The number of fused-ring (bicyclic) bond motifs is 2. The van der Waals surface area contributed by atoms with Gasteiger partial charge in [-0.05, 0) is 56.2 Å². The van der Waals surface area contributed by atoms with E-state index >= 15 is 0 Å². The molecule has 0 amide bonds. The van der Waals surface area contributed by atoms with Crippen LogP contribution in [0.25, 0.3) is 0 Å². The summed E-state index contributed by atoms with van der Waals surface area (Å²) in [5.41, 5.74) is 1.73. The second-order valence-electron chi connectivity index (χ2n) is 7.84. The summed E-state index contributed by atoms with van der Waals surface area (Å²) in [6.45, 7) is 0. The molecular weight excluding hydrogens is 304 g/mol. The summed E-state index contributed by atoms with van der Waals surface area (Å²) in [6, 6.07) is 25.0. The predicted octanol–water partition coefficient (Wildman–Crippen LogP) is 4.76. The van der Waals surface area contributed by atoms with Gasteiger partial charge in [0.15, 0.2) is 0 Å². The lowest BCUT2D eigenvalue weighted by Gasteiger charge is -2.40. The molecule has 0 unspecified atom stereocenters. The summed E-state index contributed by atoms with van der Waals surface area (Å²) < 4.78 is 0. The van der Waals surface area contributed by atoms with Crippen LogP contribution in [0.3, 0.4) is 0 Å². The second-order valence-corrected chi connectivity index (χ2v) is 7.84. The Balaban J connectivity index is 1.71. The Hall–Kier alpha value is -2.11. The molecule has 2 saturated heterocycles. The standard InChI is InChI=1S/C23H26N2/c1-25-21-12-13-22(25)15-18(14-21)16-23(17-24,19-8-4-2-5-9-19)20-10-6-3-7-11-20/h2-11,18,21-22H,12-16H2,1H3/t21-,22-/m0/s1. The Kier molecular flexibility index (Phi) is 4.36. The van der Waals surface area contributed by atoms with Crippen molar-refractivity contribution in [2.24, 2.45) is 5.92 Å². The highest BCUT2D eigenvalue weighted by Crippen LogP contribution is 2.45. The largest absolute Gasteiger partial charge is 0.300 e. The van der Waals surface area contributed by atoms with Gasteiger partial charge in [0.1, 0.15) is 5.41 Å². The quantitative estimate of drug-likeness (QED) is 0.808. The number of nitrogens with zero attached hydrogens (tertiary/aromatic N) is 2. The molecule has 2 aliphatic heterocycles. The Morgan fingerprint density at radius 1 is 0.920 bits per heavy atom. The summed E-state index contributed by atoms with van der Waals surface area (Å²) in [5, 5.41) is 10.4. The number of piperidine rings is 1. The van der Waals surface area contributed by atoms with E-state index in [1.807, 2.05) is 12.1 Å². The molecule has 2 aromatic carbocycles. The summed E-state index contributed by atoms with van der Waals surface area (Å²) >= 11 is 0. The van der Waals surface area contributed by atoms with Gasteiger partial charge in [-0.25, -0.2) is 0 Å². The van der Waals surface area contributed by atoms with Gasteiger partial charge in [-0.1, -0.05) is 60.7 Å². The second kappa shape index (κ2) is 6.65. The molecule has 2 aliphatic rings. The molecule has 0 spiro atoms. The van der Waals surface area contributed by atoms with Crippen LogP contribution in [0.2, 0.25) is 0 Å². The Bertz CT molecular complexity index is 693. The summed E-state index contributed by atoms with van der Waals surface area (Å²) in [5.74, 6) is 0.619. The topological polar surface area (TPSA) is 27.0 Å². The number of rotatable bonds is 4. The molecule has 25 heavy (non-hydrogen) atoms. The maximum Gasteiger partial charge on any atom is 0.107 e. The van der Waals surface area contributed by atoms with Crippen molar-refractivity contribution < 1.29 is 0 Å². The summed E-state index contributed by atoms with van der Waals surface area (Å²) in [4.78, 5) is 2.58. The first kappa shape index (κ1) is 16.4. The zero-order valence-corrected chi connectivity index (χ0v) is 14.9. The number of hydrogen-bond acceptors (Lipinski definition) is 2. The van der Waals surface area contributed by atoms with Crippen molar-refractivity contribution in [1.82, 2.24) is 4.90 Å². The van der Waals surface area contributed by atoms with Gasteiger partial charge in [0.25, 0.3) is 0 Å². The number of benzene rings is 2. The minimum Gasteiger partial charge on any atom is -0.300 e. The molecule has 0 N–H and O–H groups in total. The number of hydrogen-bond donors (Lipinski definition) is 0. The zero-order valence-electron chi connectivity index (χ0n) is 14.9. The van der Waals surface area contributed by atoms with Crippen LogP contribution >= 0.6 is 0 Å². The van der Waals surface area contributed by atoms with Crippen molar-refractivity contribution in [3.63, 3.8) is 0 Å². The third-order valence-corrected chi connectivity index (χ3v) is 6.51. The maximum absolute atomic E-state index is 10.4. The van der Waals surface area contributed by atoms with Crippen LogP contribution in [0, 0.1) is 17.2 Å². The van der Waals surface area contributed by atoms with Gasteiger partial charge in [-0.2, -0.15) is 5.26 Å². The Morgan fingerprint density at radius 2 is 1.40 bits per heavy atom. The molecule has 2 atom stereocenters. The van der Waals surface area contributed by atoms with E-state index in [4.69, 9.17) is 0 Å². The average Bonchev–Trinajstić information content (AvgIpc) is 2.88. The molecular formula is C23H26N2. The lowest BCUT2D eigenvalue weighted by Crippen LogP contribution is -2.42. The molecule has 0 saturated carbocycles. The van der Waals surface area contributed by atoms with Crippen molar-refractivity contribution in [3.8, 4) is 6.07 Å². The Morgan fingerprint density at radius 3 is 1.84 bits per heavy atom. The van der Waals surface area contributed by atoms with E-state index in [0.717, 1.165) is 17.5 Å². The minimum absolute atomic E-state index is 0.539. The van der Waals surface area contributed by atoms with Crippen molar-refractivity contribution in [3.05, 3.63) is 71.8 Å². The smallest absolute Gasteiger partial charge is 0.107 e. The molecule has 0 aromatic heterocycles. The first-order chi connectivity index (χ1) is 12.2. The summed E-state index contributed by atoms with van der Waals surface area (Å²) in [7, 11) is 2.28. The van der Waals surface area contributed by atoms with E-state index in [2.05, 4.69) is 66.5 Å². The van der Waals surface area contributed by atoms with Gasteiger partial charge in [0, 0.05) is 12.1 Å². The molecule has 2 nitrogen and oxygen atoms in total. The van der Waals surface area contributed by atoms with Crippen LogP contribution in [-0.2, 0) is 5.41 Å². The first-order valence-electron chi connectivity index (χ1n) is 9.47. The molecule has 0 radical (unpaired) electrons. The fourth-order valence-electron chi connectivity index (χ4n) is 5.15. The van der Waals surface area contributed by atoms with Gasteiger partial charge in [0.05, 0.1) is 6.07 Å². The van der Waals surface area contributed by atoms with E-state index < -0.39 is 5.41 Å². The van der Waals surface area contributed by atoms with Gasteiger partial charge >= 0.3 is 0 Å². The molecule has 2 heteroatoms. The predicted molar refractivity (Wildman–Crippen MR) is 101 cm³/mol. The lowest BCUT2D eigenvalue weighted by atomic mass is 9.68. The highest BCUT2D eigenvalue weighted by Gasteiger charge is 2.43. The molecule has 2 aromatic rings. The SMILES string of the molecule is CN1[C@H]2CC[C@H]1CC(CC(C#N)(c1ccccc1)c1ccccc1)C2. The molecule has 2 bridgehead atoms. The minimum atomic E-state index is -0.539. The van der Waals surface area contributed by atoms with Crippen LogP contribution in [0.1, 0.15) is 43.2 Å². The van der Waals surface area contributed by atoms with E-state index in [-0.39, 0.29) is 0 Å². The lowest BCUT2D eigenvalue weighted by molar-refractivity contribution is 0.123. The number of nitriles is 1. The normalized spacial score (nSPS) is 26.3. The zero-order chi connectivity index (χ0) is 17.3. The fourth-order valence-corrected chi connectivity index (χ4v) is 5.15. The van der Waals surface area contributed by atoms with Crippen molar-refractivity contribution >= 4 is 0 Å². The highest BCUT2D eigenvalue weighted by atomic mass is 15.2. The third kappa shape index (κ3) is 2.87. The van der Waals surface area contributed by atoms with Crippen LogP contribution in [-0.4, -0.2) is 24.0 Å². The highest BCUT2D eigenvalue weighted by molar-refractivity contribution is 5.46. The Labute approximate surface area is 151 Å². The molecule has 128 valence electrons.